The molecule has 0 spiro atoms. The Bertz CT molecular complexity index is 733. The van der Waals surface area contributed by atoms with Gasteiger partial charge in [0, 0.05) is 32.5 Å². The lowest BCUT2D eigenvalue weighted by molar-refractivity contribution is -0.0524. The Morgan fingerprint density at radius 3 is 2.65 bits per heavy atom. The van der Waals surface area contributed by atoms with E-state index in [0.717, 1.165) is 5.82 Å². The van der Waals surface area contributed by atoms with E-state index in [0.29, 0.717) is 17.6 Å². The van der Waals surface area contributed by atoms with Crippen molar-refractivity contribution >= 4 is 17.0 Å². The van der Waals surface area contributed by atoms with Gasteiger partial charge in [-0.25, -0.2) is 15.0 Å². The summed E-state index contributed by atoms with van der Waals surface area (Å²) in [5.41, 5.74) is 1.34. The summed E-state index contributed by atoms with van der Waals surface area (Å²) in [5.74, 6) is 0.299. The van der Waals surface area contributed by atoms with Crippen molar-refractivity contribution in [2.24, 2.45) is 17.8 Å². The van der Waals surface area contributed by atoms with E-state index in [2.05, 4.69) is 15.0 Å². The molecular formula is C15H21N5O3. The fraction of sp³-hybridized carbons (Fsp3) is 0.667. The molecule has 2 bridgehead atoms. The van der Waals surface area contributed by atoms with Gasteiger partial charge >= 0.3 is 0 Å². The lowest BCUT2D eigenvalue weighted by Crippen LogP contribution is -2.43. The van der Waals surface area contributed by atoms with Crippen molar-refractivity contribution in [1.82, 2.24) is 19.5 Å². The van der Waals surface area contributed by atoms with Crippen LogP contribution in [0.4, 0.5) is 5.82 Å². The second kappa shape index (κ2) is 5.12. The number of hydrogen-bond acceptors (Lipinski definition) is 7. The topological polar surface area (TPSA) is 108 Å². The molecular weight excluding hydrogens is 298 g/mol. The standard InChI is InChI=1S/C15H21N5O3/c1-19(2)14-10-15(17-5-16-14)20(6-18-10)11-8-3-7(13(11)23)9(4-21)12(8)22/h5-9,11-13,21-23H,3-4H2,1-2H3/t7-,8-,9-,11-,12-,13-/m1/s1. The van der Waals surface area contributed by atoms with Gasteiger partial charge in [-0.15, -0.1) is 0 Å². The van der Waals surface area contributed by atoms with Gasteiger partial charge in [0.15, 0.2) is 17.0 Å². The zero-order chi connectivity index (χ0) is 16.3. The van der Waals surface area contributed by atoms with Crippen molar-refractivity contribution in [2.75, 3.05) is 25.6 Å². The number of aliphatic hydroxyl groups excluding tert-OH is 3. The van der Waals surface area contributed by atoms with Gasteiger partial charge in [-0.05, 0) is 12.3 Å². The second-order valence-electron chi connectivity index (χ2n) is 6.80. The maximum Gasteiger partial charge on any atom is 0.165 e. The largest absolute Gasteiger partial charge is 0.396 e. The minimum atomic E-state index is -0.615. The molecule has 2 aromatic rings. The molecule has 0 aliphatic heterocycles. The SMILES string of the molecule is CN(C)c1ncnc2c1ncn2[C@H]1[C@H](O)[C@@H]2C[C@H]1[C@@H](O)[C@@H]2CO. The van der Waals surface area contributed by atoms with E-state index in [1.165, 1.54) is 6.33 Å². The molecule has 2 aromatic heterocycles. The number of imidazole rings is 1. The first kappa shape index (κ1) is 14.8. The van der Waals surface area contributed by atoms with Gasteiger partial charge in [0.2, 0.25) is 0 Å². The molecule has 3 N–H and O–H groups in total. The normalized spacial score (nSPS) is 36.0. The number of aromatic nitrogens is 4. The molecule has 4 rings (SSSR count). The van der Waals surface area contributed by atoms with Gasteiger partial charge < -0.3 is 24.8 Å². The third kappa shape index (κ3) is 1.92. The number of hydrogen-bond donors (Lipinski definition) is 3. The molecule has 0 amide bonds. The lowest BCUT2D eigenvalue weighted by Gasteiger charge is -2.36. The highest BCUT2D eigenvalue weighted by atomic mass is 16.3. The highest BCUT2D eigenvalue weighted by Crippen LogP contribution is 2.54. The second-order valence-corrected chi connectivity index (χ2v) is 6.80. The summed E-state index contributed by atoms with van der Waals surface area (Å²) in [6.45, 7) is -0.0935. The van der Waals surface area contributed by atoms with Crippen LogP contribution in [0.5, 0.6) is 0 Å². The summed E-state index contributed by atoms with van der Waals surface area (Å²) >= 11 is 0. The number of nitrogens with zero attached hydrogens (tertiary/aromatic N) is 5. The molecule has 2 heterocycles. The van der Waals surface area contributed by atoms with Crippen LogP contribution < -0.4 is 4.90 Å². The van der Waals surface area contributed by atoms with Gasteiger partial charge in [-0.2, -0.15) is 0 Å². The fourth-order valence-electron chi connectivity index (χ4n) is 4.44. The van der Waals surface area contributed by atoms with Crippen LogP contribution in [0.2, 0.25) is 0 Å². The monoisotopic (exact) mass is 319 g/mol. The summed E-state index contributed by atoms with van der Waals surface area (Å²) in [4.78, 5) is 14.9. The van der Waals surface area contributed by atoms with Crippen LogP contribution >= 0.6 is 0 Å². The highest BCUT2D eigenvalue weighted by Gasteiger charge is 2.58. The Labute approximate surface area is 133 Å². The van der Waals surface area contributed by atoms with Crippen molar-refractivity contribution < 1.29 is 15.3 Å². The molecule has 2 fully saturated rings. The van der Waals surface area contributed by atoms with Crippen LogP contribution in [-0.4, -0.2) is 67.7 Å². The fourth-order valence-corrected chi connectivity index (χ4v) is 4.44. The van der Waals surface area contributed by atoms with Crippen LogP contribution in [0.25, 0.3) is 11.2 Å². The number of aliphatic hydroxyl groups is 3. The zero-order valence-corrected chi connectivity index (χ0v) is 13.1. The Kier molecular flexibility index (Phi) is 3.29. The van der Waals surface area contributed by atoms with Gasteiger partial charge in [-0.3, -0.25) is 0 Å². The van der Waals surface area contributed by atoms with Crippen molar-refractivity contribution in [3.05, 3.63) is 12.7 Å². The molecule has 2 aliphatic carbocycles. The Balaban J connectivity index is 1.78. The highest BCUT2D eigenvalue weighted by molar-refractivity contribution is 5.83. The third-order valence-corrected chi connectivity index (χ3v) is 5.49. The van der Waals surface area contributed by atoms with E-state index in [9.17, 15) is 15.3 Å². The maximum absolute atomic E-state index is 10.7. The van der Waals surface area contributed by atoms with E-state index in [1.807, 2.05) is 23.6 Å². The van der Waals surface area contributed by atoms with Gasteiger partial charge in [0.1, 0.15) is 6.33 Å². The van der Waals surface area contributed by atoms with Crippen LogP contribution in [0.15, 0.2) is 12.7 Å². The van der Waals surface area contributed by atoms with E-state index in [4.69, 9.17) is 0 Å². The zero-order valence-electron chi connectivity index (χ0n) is 13.1. The molecule has 0 saturated heterocycles. The molecule has 6 atom stereocenters. The molecule has 124 valence electrons. The lowest BCUT2D eigenvalue weighted by atomic mass is 9.82. The summed E-state index contributed by atoms with van der Waals surface area (Å²) in [6, 6.07) is -0.271. The predicted octanol–water partition coefficient (Wildman–Crippen LogP) is -0.587. The van der Waals surface area contributed by atoms with E-state index < -0.39 is 12.2 Å². The maximum atomic E-state index is 10.7. The number of anilines is 1. The first-order valence-electron chi connectivity index (χ1n) is 7.86. The summed E-state index contributed by atoms with van der Waals surface area (Å²) in [5, 5.41) is 30.6. The van der Waals surface area contributed by atoms with Crippen molar-refractivity contribution in [3.63, 3.8) is 0 Å². The number of fused-ring (bicyclic) bond motifs is 3. The molecule has 0 aromatic carbocycles. The summed E-state index contributed by atoms with van der Waals surface area (Å²) in [7, 11) is 3.78. The van der Waals surface area contributed by atoms with Crippen LogP contribution in [0, 0.1) is 17.8 Å². The minimum Gasteiger partial charge on any atom is -0.396 e. The Morgan fingerprint density at radius 1 is 1.17 bits per heavy atom. The smallest absolute Gasteiger partial charge is 0.165 e. The van der Waals surface area contributed by atoms with E-state index in [-0.39, 0.29) is 30.4 Å². The quantitative estimate of drug-likeness (QED) is 0.694. The first-order valence-corrected chi connectivity index (χ1v) is 7.86. The Hall–Kier alpha value is -1.77. The third-order valence-electron chi connectivity index (χ3n) is 5.49. The molecule has 8 nitrogen and oxygen atoms in total. The number of rotatable bonds is 3. The average Bonchev–Trinajstić information content (AvgIpc) is 3.18. The van der Waals surface area contributed by atoms with Gasteiger partial charge in [0.05, 0.1) is 24.6 Å². The van der Waals surface area contributed by atoms with Crippen LogP contribution in [0.3, 0.4) is 0 Å². The van der Waals surface area contributed by atoms with Crippen molar-refractivity contribution in [2.45, 2.75) is 24.7 Å². The minimum absolute atomic E-state index is 0.0855. The first-order chi connectivity index (χ1) is 11.0. The predicted molar refractivity (Wildman–Crippen MR) is 82.9 cm³/mol. The van der Waals surface area contributed by atoms with Crippen LogP contribution in [-0.2, 0) is 0 Å². The summed E-state index contributed by atoms with van der Waals surface area (Å²) in [6.07, 6.45) is 2.65. The Morgan fingerprint density at radius 2 is 1.96 bits per heavy atom. The van der Waals surface area contributed by atoms with Crippen molar-refractivity contribution in [1.29, 1.82) is 0 Å². The molecule has 8 heteroatoms. The van der Waals surface area contributed by atoms with Gasteiger partial charge in [0.25, 0.3) is 0 Å². The molecule has 0 unspecified atom stereocenters. The molecule has 2 saturated carbocycles. The summed E-state index contributed by atoms with van der Waals surface area (Å²) < 4.78 is 1.86. The van der Waals surface area contributed by atoms with E-state index in [1.54, 1.807) is 6.33 Å². The van der Waals surface area contributed by atoms with Gasteiger partial charge in [-0.1, -0.05) is 0 Å². The molecule has 0 radical (unpaired) electrons. The average molecular weight is 319 g/mol. The van der Waals surface area contributed by atoms with Crippen molar-refractivity contribution in [3.8, 4) is 0 Å². The van der Waals surface area contributed by atoms with E-state index >= 15 is 0 Å². The van der Waals surface area contributed by atoms with Crippen LogP contribution in [0.1, 0.15) is 12.5 Å². The molecule has 23 heavy (non-hydrogen) atoms. The molecule has 2 aliphatic rings.